The smallest absolute Gasteiger partial charge is 0.309 e. The second-order valence-corrected chi connectivity index (χ2v) is 6.90. The standard InChI is InChI=1S/C20H21FN2O3/c1-3-26-20(25)18-12(2)4-5-14-10-23(11-17(14)18)19(24)15-6-13(9-22)7-16(21)8-15/h4-8,12,14,17-18H,3,10-11H2,1-2H3/t12-,14-,17-,18-/m0/s1. The summed E-state index contributed by atoms with van der Waals surface area (Å²) in [5, 5.41) is 8.98. The Kier molecular flexibility index (Phi) is 5.08. The summed E-state index contributed by atoms with van der Waals surface area (Å²) in [5.74, 6) is -1.34. The van der Waals surface area contributed by atoms with Crippen LogP contribution < -0.4 is 0 Å². The minimum atomic E-state index is -0.609. The van der Waals surface area contributed by atoms with Gasteiger partial charge in [0.1, 0.15) is 5.82 Å². The van der Waals surface area contributed by atoms with Crippen molar-refractivity contribution in [1.82, 2.24) is 4.90 Å². The number of rotatable bonds is 3. The van der Waals surface area contributed by atoms with Gasteiger partial charge in [0.25, 0.3) is 5.91 Å². The van der Waals surface area contributed by atoms with Crippen molar-refractivity contribution in [2.45, 2.75) is 13.8 Å². The highest BCUT2D eigenvalue weighted by atomic mass is 19.1. The second-order valence-electron chi connectivity index (χ2n) is 6.90. The van der Waals surface area contributed by atoms with Gasteiger partial charge in [-0.15, -0.1) is 0 Å². The van der Waals surface area contributed by atoms with E-state index in [1.54, 1.807) is 11.8 Å². The van der Waals surface area contributed by atoms with Crippen LogP contribution in [0.15, 0.2) is 30.4 Å². The van der Waals surface area contributed by atoms with Crippen molar-refractivity contribution in [3.05, 3.63) is 47.3 Å². The molecule has 4 atom stereocenters. The van der Waals surface area contributed by atoms with E-state index in [4.69, 9.17) is 10.00 Å². The maximum atomic E-state index is 13.7. The lowest BCUT2D eigenvalue weighted by atomic mass is 9.72. The number of halogens is 1. The largest absolute Gasteiger partial charge is 0.466 e. The summed E-state index contributed by atoms with van der Waals surface area (Å²) in [4.78, 5) is 26.8. The fourth-order valence-electron chi connectivity index (χ4n) is 4.02. The average molecular weight is 356 g/mol. The summed E-state index contributed by atoms with van der Waals surface area (Å²) in [7, 11) is 0. The molecule has 1 aromatic rings. The van der Waals surface area contributed by atoms with E-state index >= 15 is 0 Å². The summed E-state index contributed by atoms with van der Waals surface area (Å²) in [5.41, 5.74) is 0.271. The van der Waals surface area contributed by atoms with E-state index in [-0.39, 0.29) is 46.7 Å². The molecule has 1 saturated heterocycles. The Bertz CT molecular complexity index is 799. The number of hydrogen-bond acceptors (Lipinski definition) is 4. The molecule has 26 heavy (non-hydrogen) atoms. The van der Waals surface area contributed by atoms with Gasteiger partial charge in [0.2, 0.25) is 0 Å². The molecule has 1 aromatic carbocycles. The number of nitrogens with zero attached hydrogens (tertiary/aromatic N) is 2. The van der Waals surface area contributed by atoms with Gasteiger partial charge in [-0.3, -0.25) is 9.59 Å². The van der Waals surface area contributed by atoms with Crippen molar-refractivity contribution >= 4 is 11.9 Å². The van der Waals surface area contributed by atoms with Gasteiger partial charge in [0, 0.05) is 18.7 Å². The first-order valence-electron chi connectivity index (χ1n) is 8.79. The molecule has 5 nitrogen and oxygen atoms in total. The molecular formula is C20H21FN2O3. The van der Waals surface area contributed by atoms with Gasteiger partial charge >= 0.3 is 5.97 Å². The number of carbonyl (C=O) groups excluding carboxylic acids is 2. The Morgan fingerprint density at radius 3 is 2.77 bits per heavy atom. The second kappa shape index (κ2) is 7.28. The van der Waals surface area contributed by atoms with Gasteiger partial charge in [0.15, 0.2) is 0 Å². The fourth-order valence-corrected chi connectivity index (χ4v) is 4.02. The lowest BCUT2D eigenvalue weighted by Gasteiger charge is -2.31. The predicted molar refractivity (Wildman–Crippen MR) is 92.4 cm³/mol. The Hall–Kier alpha value is -2.68. The molecule has 1 aliphatic carbocycles. The molecule has 2 aliphatic rings. The predicted octanol–water partition coefficient (Wildman–Crippen LogP) is 2.77. The third kappa shape index (κ3) is 3.34. The van der Waals surface area contributed by atoms with Gasteiger partial charge in [0.05, 0.1) is 24.2 Å². The van der Waals surface area contributed by atoms with Crippen LogP contribution in [0.2, 0.25) is 0 Å². The number of carbonyl (C=O) groups is 2. The van der Waals surface area contributed by atoms with Crippen LogP contribution in [0.4, 0.5) is 4.39 Å². The number of fused-ring (bicyclic) bond motifs is 1. The van der Waals surface area contributed by atoms with E-state index in [1.807, 2.05) is 19.1 Å². The van der Waals surface area contributed by atoms with Crippen molar-refractivity contribution in [2.75, 3.05) is 19.7 Å². The molecule has 1 amide bonds. The molecule has 136 valence electrons. The topological polar surface area (TPSA) is 70.4 Å². The normalized spacial score (nSPS) is 26.9. The SMILES string of the molecule is CCOC(=O)[C@@H]1[C@H]2CN(C(=O)c3cc(F)cc(C#N)c3)C[C@@H]2C=C[C@@H]1C. The third-order valence-electron chi connectivity index (χ3n) is 5.22. The first-order valence-corrected chi connectivity index (χ1v) is 8.79. The maximum Gasteiger partial charge on any atom is 0.309 e. The number of ether oxygens (including phenoxy) is 1. The number of allylic oxidation sites excluding steroid dienone is 1. The highest BCUT2D eigenvalue weighted by Gasteiger charge is 2.46. The Morgan fingerprint density at radius 1 is 1.31 bits per heavy atom. The molecule has 0 bridgehead atoms. The Balaban J connectivity index is 1.82. The fraction of sp³-hybridized carbons (Fsp3) is 0.450. The zero-order valence-corrected chi connectivity index (χ0v) is 14.8. The number of amides is 1. The lowest BCUT2D eigenvalue weighted by molar-refractivity contribution is -0.152. The minimum absolute atomic E-state index is 0.0120. The first kappa shape index (κ1) is 18.1. The quantitative estimate of drug-likeness (QED) is 0.617. The first-order chi connectivity index (χ1) is 12.4. The molecule has 1 heterocycles. The highest BCUT2D eigenvalue weighted by Crippen LogP contribution is 2.40. The maximum absolute atomic E-state index is 13.7. The number of esters is 1. The average Bonchev–Trinajstić information content (AvgIpc) is 3.04. The van der Waals surface area contributed by atoms with Crippen LogP contribution in [0.1, 0.15) is 29.8 Å². The molecule has 6 heteroatoms. The minimum Gasteiger partial charge on any atom is -0.466 e. The van der Waals surface area contributed by atoms with Gasteiger partial charge in [-0.1, -0.05) is 19.1 Å². The van der Waals surface area contributed by atoms with Crippen molar-refractivity contribution in [1.29, 1.82) is 5.26 Å². The van der Waals surface area contributed by atoms with E-state index in [0.29, 0.717) is 19.7 Å². The molecule has 0 unspecified atom stereocenters. The summed E-state index contributed by atoms with van der Waals surface area (Å²) in [6.07, 6.45) is 4.07. The Morgan fingerprint density at radius 2 is 2.08 bits per heavy atom. The van der Waals surface area contributed by atoms with E-state index < -0.39 is 5.82 Å². The van der Waals surface area contributed by atoms with Crippen LogP contribution in [-0.2, 0) is 9.53 Å². The van der Waals surface area contributed by atoms with Crippen LogP contribution in [0.25, 0.3) is 0 Å². The summed E-state index contributed by atoms with van der Waals surface area (Å²) in [6, 6.07) is 5.50. The lowest BCUT2D eigenvalue weighted by Crippen LogP contribution is -2.37. The molecular weight excluding hydrogens is 335 g/mol. The van der Waals surface area contributed by atoms with E-state index in [9.17, 15) is 14.0 Å². The van der Waals surface area contributed by atoms with Crippen LogP contribution in [0, 0.1) is 40.8 Å². The van der Waals surface area contributed by atoms with Crippen molar-refractivity contribution in [3.8, 4) is 6.07 Å². The summed E-state index contributed by atoms with van der Waals surface area (Å²) < 4.78 is 18.9. The molecule has 1 fully saturated rings. The molecule has 0 aromatic heterocycles. The number of benzene rings is 1. The van der Waals surface area contributed by atoms with Crippen molar-refractivity contribution in [2.24, 2.45) is 23.7 Å². The molecule has 0 radical (unpaired) electrons. The number of hydrogen-bond donors (Lipinski definition) is 0. The van der Waals surface area contributed by atoms with Crippen molar-refractivity contribution < 1.29 is 18.7 Å². The van der Waals surface area contributed by atoms with Gasteiger partial charge in [-0.25, -0.2) is 4.39 Å². The summed E-state index contributed by atoms with van der Waals surface area (Å²) >= 11 is 0. The zero-order valence-electron chi connectivity index (χ0n) is 14.8. The monoisotopic (exact) mass is 356 g/mol. The van der Waals surface area contributed by atoms with Crippen molar-refractivity contribution in [3.63, 3.8) is 0 Å². The van der Waals surface area contributed by atoms with E-state index in [1.165, 1.54) is 6.07 Å². The van der Waals surface area contributed by atoms with Crippen LogP contribution in [0.3, 0.4) is 0 Å². The molecule has 3 rings (SSSR count). The van der Waals surface area contributed by atoms with Gasteiger partial charge in [-0.05, 0) is 42.9 Å². The molecule has 1 aliphatic heterocycles. The van der Waals surface area contributed by atoms with E-state index in [2.05, 4.69) is 6.08 Å². The summed E-state index contributed by atoms with van der Waals surface area (Å²) in [6.45, 7) is 4.97. The highest BCUT2D eigenvalue weighted by molar-refractivity contribution is 5.95. The zero-order chi connectivity index (χ0) is 18.8. The van der Waals surface area contributed by atoms with Crippen LogP contribution in [0.5, 0.6) is 0 Å². The van der Waals surface area contributed by atoms with Gasteiger partial charge < -0.3 is 9.64 Å². The molecule has 0 N–H and O–H groups in total. The van der Waals surface area contributed by atoms with Crippen LogP contribution >= 0.6 is 0 Å². The van der Waals surface area contributed by atoms with Gasteiger partial charge in [-0.2, -0.15) is 5.26 Å². The van der Waals surface area contributed by atoms with Crippen LogP contribution in [-0.4, -0.2) is 36.5 Å². The number of likely N-dealkylation sites (tertiary alicyclic amines) is 1. The molecule has 0 saturated carbocycles. The molecule has 0 spiro atoms. The number of nitriles is 1. The third-order valence-corrected chi connectivity index (χ3v) is 5.22. The van der Waals surface area contributed by atoms with E-state index in [0.717, 1.165) is 12.1 Å². The Labute approximate surface area is 152 Å².